The van der Waals surface area contributed by atoms with Crippen LogP contribution in [-0.2, 0) is 12.6 Å². The summed E-state index contributed by atoms with van der Waals surface area (Å²) in [6.07, 6.45) is -2.43. The summed E-state index contributed by atoms with van der Waals surface area (Å²) in [5.41, 5.74) is 1.24. The minimum atomic E-state index is -4.24. The number of halogens is 3. The molecule has 1 aliphatic rings. The Morgan fingerprint density at radius 3 is 2.69 bits per heavy atom. The average molecular weight is 229 g/mol. The van der Waals surface area contributed by atoms with Gasteiger partial charge in [-0.3, -0.25) is 0 Å². The summed E-state index contributed by atoms with van der Waals surface area (Å²) in [6.45, 7) is 3.70. The molecule has 88 valence electrons. The van der Waals surface area contributed by atoms with Gasteiger partial charge in [0.25, 0.3) is 0 Å². The van der Waals surface area contributed by atoms with Crippen LogP contribution < -0.4 is 4.90 Å². The number of alkyl halides is 3. The Balaban J connectivity index is 2.34. The van der Waals surface area contributed by atoms with Crippen molar-refractivity contribution in [1.82, 2.24) is 0 Å². The minimum absolute atomic E-state index is 0.547. The summed E-state index contributed by atoms with van der Waals surface area (Å²) in [6, 6.07) is 4.06. The molecule has 0 amide bonds. The zero-order valence-corrected chi connectivity index (χ0v) is 9.14. The Bertz CT molecular complexity index is 382. The topological polar surface area (TPSA) is 3.24 Å². The Hall–Kier alpha value is -1.19. The average Bonchev–Trinajstić information content (AvgIpc) is 2.60. The minimum Gasteiger partial charge on any atom is -0.371 e. The maximum Gasteiger partial charge on any atom is 0.416 e. The fraction of sp³-hybridized carbons (Fsp3) is 0.500. The van der Waals surface area contributed by atoms with Gasteiger partial charge in [0.1, 0.15) is 0 Å². The second-order valence-electron chi connectivity index (χ2n) is 4.08. The van der Waals surface area contributed by atoms with E-state index in [1.54, 1.807) is 6.07 Å². The Labute approximate surface area is 92.9 Å². The van der Waals surface area contributed by atoms with E-state index in [-0.39, 0.29) is 0 Å². The lowest BCUT2D eigenvalue weighted by atomic mass is 10.1. The second-order valence-corrected chi connectivity index (χ2v) is 4.08. The molecule has 4 heteroatoms. The van der Waals surface area contributed by atoms with E-state index < -0.39 is 11.7 Å². The molecule has 0 saturated carbocycles. The maximum atomic E-state index is 12.6. The summed E-state index contributed by atoms with van der Waals surface area (Å²) in [4.78, 5) is 2.03. The highest BCUT2D eigenvalue weighted by atomic mass is 19.4. The van der Waals surface area contributed by atoms with Gasteiger partial charge in [-0.25, -0.2) is 0 Å². The zero-order chi connectivity index (χ0) is 11.8. The predicted molar refractivity (Wildman–Crippen MR) is 57.7 cm³/mol. The quantitative estimate of drug-likeness (QED) is 0.750. The van der Waals surface area contributed by atoms with E-state index in [0.717, 1.165) is 37.2 Å². The van der Waals surface area contributed by atoms with Crippen molar-refractivity contribution < 1.29 is 13.2 Å². The van der Waals surface area contributed by atoms with Crippen LogP contribution in [0, 0.1) is 0 Å². The van der Waals surface area contributed by atoms with Crippen LogP contribution in [0.3, 0.4) is 0 Å². The van der Waals surface area contributed by atoms with Gasteiger partial charge >= 0.3 is 6.18 Å². The molecule has 0 aliphatic carbocycles. The van der Waals surface area contributed by atoms with E-state index in [1.807, 2.05) is 11.8 Å². The van der Waals surface area contributed by atoms with Crippen molar-refractivity contribution >= 4 is 5.69 Å². The SMILES string of the molecule is CCCN1CCc2ccc(C(F)(F)F)cc21. The van der Waals surface area contributed by atoms with Crippen molar-refractivity contribution in [3.63, 3.8) is 0 Å². The van der Waals surface area contributed by atoms with E-state index >= 15 is 0 Å². The van der Waals surface area contributed by atoms with Crippen molar-refractivity contribution in [3.05, 3.63) is 29.3 Å². The first-order chi connectivity index (χ1) is 7.52. The highest BCUT2D eigenvalue weighted by molar-refractivity contribution is 5.59. The molecule has 0 bridgehead atoms. The molecule has 0 spiro atoms. The molecule has 0 radical (unpaired) electrons. The van der Waals surface area contributed by atoms with Gasteiger partial charge in [-0.15, -0.1) is 0 Å². The highest BCUT2D eigenvalue weighted by Gasteiger charge is 2.32. The van der Waals surface area contributed by atoms with Gasteiger partial charge in [-0.2, -0.15) is 13.2 Å². The molecule has 1 aromatic rings. The number of fused-ring (bicyclic) bond motifs is 1. The molecule has 0 aromatic heterocycles. The third-order valence-corrected chi connectivity index (χ3v) is 2.90. The smallest absolute Gasteiger partial charge is 0.371 e. The van der Waals surface area contributed by atoms with Crippen molar-refractivity contribution in [2.45, 2.75) is 25.9 Å². The van der Waals surface area contributed by atoms with Gasteiger partial charge in [0.05, 0.1) is 5.56 Å². The Morgan fingerprint density at radius 2 is 2.06 bits per heavy atom. The van der Waals surface area contributed by atoms with Gasteiger partial charge in [0, 0.05) is 18.8 Å². The first-order valence-electron chi connectivity index (χ1n) is 5.47. The molecule has 0 fully saturated rings. The number of rotatable bonds is 2. The zero-order valence-electron chi connectivity index (χ0n) is 9.14. The van der Waals surface area contributed by atoms with E-state index in [0.29, 0.717) is 0 Å². The summed E-state index contributed by atoms with van der Waals surface area (Å²) in [5.74, 6) is 0. The van der Waals surface area contributed by atoms with Gasteiger partial charge in [0.15, 0.2) is 0 Å². The lowest BCUT2D eigenvalue weighted by Gasteiger charge is -2.19. The summed E-state index contributed by atoms with van der Waals surface area (Å²) in [7, 11) is 0. The molecule has 16 heavy (non-hydrogen) atoms. The number of nitrogens with zero attached hydrogens (tertiary/aromatic N) is 1. The number of benzene rings is 1. The van der Waals surface area contributed by atoms with Gasteiger partial charge in [-0.1, -0.05) is 13.0 Å². The first-order valence-corrected chi connectivity index (χ1v) is 5.47. The predicted octanol–water partition coefficient (Wildman–Crippen LogP) is 3.48. The molecule has 1 aliphatic heterocycles. The standard InChI is InChI=1S/C12H14F3N/c1-2-6-16-7-5-9-3-4-10(8-11(9)16)12(13,14)15/h3-4,8H,2,5-7H2,1H3. The fourth-order valence-electron chi connectivity index (χ4n) is 2.12. The van der Waals surface area contributed by atoms with Crippen molar-refractivity contribution in [1.29, 1.82) is 0 Å². The normalized spacial score (nSPS) is 15.4. The molecule has 0 saturated heterocycles. The molecular formula is C12H14F3N. The van der Waals surface area contributed by atoms with Crippen molar-refractivity contribution in [2.75, 3.05) is 18.0 Å². The summed E-state index contributed by atoms with van der Waals surface area (Å²) in [5, 5.41) is 0. The first kappa shape index (κ1) is 11.3. The summed E-state index contributed by atoms with van der Waals surface area (Å²) < 4.78 is 37.7. The second kappa shape index (κ2) is 4.00. The van der Waals surface area contributed by atoms with Crippen molar-refractivity contribution in [2.24, 2.45) is 0 Å². The highest BCUT2D eigenvalue weighted by Crippen LogP contribution is 2.36. The number of anilines is 1. The molecule has 0 N–H and O–H groups in total. The van der Waals surface area contributed by atoms with Crippen LogP contribution in [0.4, 0.5) is 18.9 Å². The number of hydrogen-bond donors (Lipinski definition) is 0. The molecule has 1 nitrogen and oxygen atoms in total. The van der Waals surface area contributed by atoms with Crippen molar-refractivity contribution in [3.8, 4) is 0 Å². The summed E-state index contributed by atoms with van der Waals surface area (Å²) >= 11 is 0. The van der Waals surface area contributed by atoms with E-state index in [2.05, 4.69) is 0 Å². The van der Waals surface area contributed by atoms with E-state index in [9.17, 15) is 13.2 Å². The monoisotopic (exact) mass is 229 g/mol. The van der Waals surface area contributed by atoms with Crippen LogP contribution in [0.25, 0.3) is 0 Å². The maximum absolute atomic E-state index is 12.6. The number of hydrogen-bond acceptors (Lipinski definition) is 1. The van der Waals surface area contributed by atoms with Crippen LogP contribution in [-0.4, -0.2) is 13.1 Å². The third kappa shape index (κ3) is 2.01. The largest absolute Gasteiger partial charge is 0.416 e. The third-order valence-electron chi connectivity index (χ3n) is 2.90. The molecule has 2 rings (SSSR count). The van der Waals surface area contributed by atoms with Gasteiger partial charge in [-0.05, 0) is 30.5 Å². The molecule has 0 atom stereocenters. The van der Waals surface area contributed by atoms with E-state index in [1.165, 1.54) is 12.1 Å². The van der Waals surface area contributed by atoms with Crippen LogP contribution in [0.2, 0.25) is 0 Å². The fourth-order valence-corrected chi connectivity index (χ4v) is 2.12. The van der Waals surface area contributed by atoms with Crippen LogP contribution in [0.1, 0.15) is 24.5 Å². The lowest BCUT2D eigenvalue weighted by molar-refractivity contribution is -0.137. The molecule has 1 heterocycles. The lowest BCUT2D eigenvalue weighted by Crippen LogP contribution is -2.21. The van der Waals surface area contributed by atoms with Gasteiger partial charge in [0.2, 0.25) is 0 Å². The van der Waals surface area contributed by atoms with Gasteiger partial charge < -0.3 is 4.90 Å². The van der Waals surface area contributed by atoms with E-state index in [4.69, 9.17) is 0 Å². The molecule has 1 aromatic carbocycles. The molecular weight excluding hydrogens is 215 g/mol. The van der Waals surface area contributed by atoms with Crippen LogP contribution >= 0.6 is 0 Å². The Morgan fingerprint density at radius 1 is 1.31 bits per heavy atom. The van der Waals surface area contributed by atoms with Crippen LogP contribution in [0.5, 0.6) is 0 Å². The molecule has 0 unspecified atom stereocenters. The van der Waals surface area contributed by atoms with Crippen LogP contribution in [0.15, 0.2) is 18.2 Å². The Kier molecular flexibility index (Phi) is 2.82.